The zero-order valence-corrected chi connectivity index (χ0v) is 12.3. The lowest BCUT2D eigenvalue weighted by atomic mass is 10.1. The van der Waals surface area contributed by atoms with Crippen LogP contribution >= 0.6 is 0 Å². The molecule has 0 heterocycles. The lowest BCUT2D eigenvalue weighted by Gasteiger charge is -2.14. The molecule has 0 bridgehead atoms. The Morgan fingerprint density at radius 1 is 1.24 bits per heavy atom. The van der Waals surface area contributed by atoms with E-state index in [0.717, 1.165) is 16.9 Å². The highest BCUT2D eigenvalue weighted by molar-refractivity contribution is 5.79. The Morgan fingerprint density at radius 2 is 1.95 bits per heavy atom. The molecule has 3 N–H and O–H groups in total. The highest BCUT2D eigenvalue weighted by Crippen LogP contribution is 2.16. The van der Waals surface area contributed by atoms with Gasteiger partial charge in [-0.05, 0) is 42.3 Å². The monoisotopic (exact) mass is 284 g/mol. The van der Waals surface area contributed by atoms with Gasteiger partial charge in [-0.2, -0.15) is 0 Å². The zero-order chi connectivity index (χ0) is 15.2. The number of hydrogen-bond acceptors (Lipinski definition) is 3. The molecule has 1 atom stereocenters. The molecule has 1 unspecified atom stereocenters. The maximum Gasteiger partial charge on any atom is 0.224 e. The molecule has 2 rings (SSSR count). The molecule has 0 radical (unpaired) electrons. The summed E-state index contributed by atoms with van der Waals surface area (Å²) in [5, 5.41) is 2.98. The van der Waals surface area contributed by atoms with E-state index in [1.807, 2.05) is 55.5 Å². The van der Waals surface area contributed by atoms with Gasteiger partial charge >= 0.3 is 0 Å². The number of amides is 1. The van der Waals surface area contributed by atoms with Crippen LogP contribution in [0.3, 0.4) is 0 Å². The number of rotatable bonds is 5. The van der Waals surface area contributed by atoms with E-state index >= 15 is 0 Å². The summed E-state index contributed by atoms with van der Waals surface area (Å²) in [6, 6.07) is 15.0. The van der Waals surface area contributed by atoms with Gasteiger partial charge in [0, 0.05) is 5.69 Å². The van der Waals surface area contributed by atoms with Crippen molar-refractivity contribution in [3.8, 4) is 5.75 Å². The first-order chi connectivity index (χ1) is 10.1. The topological polar surface area (TPSA) is 64.3 Å². The van der Waals surface area contributed by atoms with Crippen molar-refractivity contribution in [1.29, 1.82) is 0 Å². The number of nitrogen functional groups attached to an aromatic ring is 1. The lowest BCUT2D eigenvalue weighted by Crippen LogP contribution is -2.28. The molecule has 2 aromatic carbocycles. The van der Waals surface area contributed by atoms with E-state index in [0.29, 0.717) is 12.1 Å². The van der Waals surface area contributed by atoms with E-state index in [9.17, 15) is 4.79 Å². The van der Waals surface area contributed by atoms with E-state index in [4.69, 9.17) is 10.5 Å². The molecule has 0 saturated carbocycles. The first-order valence-electron chi connectivity index (χ1n) is 6.86. The van der Waals surface area contributed by atoms with Gasteiger partial charge in [-0.25, -0.2) is 0 Å². The number of nitrogens with one attached hydrogen (secondary N) is 1. The van der Waals surface area contributed by atoms with Crippen LogP contribution in [-0.4, -0.2) is 13.0 Å². The Kier molecular flexibility index (Phi) is 4.82. The Morgan fingerprint density at radius 3 is 2.62 bits per heavy atom. The van der Waals surface area contributed by atoms with Gasteiger partial charge in [0.2, 0.25) is 5.91 Å². The molecule has 0 aliphatic heterocycles. The third-order valence-corrected chi connectivity index (χ3v) is 3.31. The van der Waals surface area contributed by atoms with E-state index < -0.39 is 0 Å². The Labute approximate surface area is 124 Å². The Bertz CT molecular complexity index is 608. The van der Waals surface area contributed by atoms with Crippen LogP contribution in [0.25, 0.3) is 0 Å². The first-order valence-corrected chi connectivity index (χ1v) is 6.86. The van der Waals surface area contributed by atoms with Crippen molar-refractivity contribution < 1.29 is 9.53 Å². The summed E-state index contributed by atoms with van der Waals surface area (Å²) in [7, 11) is 1.61. The van der Waals surface area contributed by atoms with E-state index in [2.05, 4.69) is 5.32 Å². The van der Waals surface area contributed by atoms with Crippen molar-refractivity contribution in [3.05, 3.63) is 59.7 Å². The second kappa shape index (κ2) is 6.79. The molecule has 0 spiro atoms. The lowest BCUT2D eigenvalue weighted by molar-refractivity contribution is -0.121. The summed E-state index contributed by atoms with van der Waals surface area (Å²) in [4.78, 5) is 12.1. The third-order valence-electron chi connectivity index (χ3n) is 3.31. The minimum Gasteiger partial charge on any atom is -0.497 e. The molecule has 0 aliphatic rings. The summed E-state index contributed by atoms with van der Waals surface area (Å²) >= 11 is 0. The maximum absolute atomic E-state index is 12.1. The highest BCUT2D eigenvalue weighted by atomic mass is 16.5. The molecule has 0 aliphatic carbocycles. The van der Waals surface area contributed by atoms with Gasteiger partial charge in [-0.1, -0.05) is 24.3 Å². The van der Waals surface area contributed by atoms with Crippen molar-refractivity contribution in [2.45, 2.75) is 19.4 Å². The Balaban J connectivity index is 1.96. The van der Waals surface area contributed by atoms with Crippen molar-refractivity contribution in [2.75, 3.05) is 12.8 Å². The van der Waals surface area contributed by atoms with Crippen LogP contribution in [0.1, 0.15) is 24.1 Å². The number of ether oxygens (including phenoxy) is 1. The van der Waals surface area contributed by atoms with Crippen LogP contribution in [0.5, 0.6) is 5.75 Å². The van der Waals surface area contributed by atoms with Crippen LogP contribution in [-0.2, 0) is 11.2 Å². The minimum atomic E-state index is -0.0521. The van der Waals surface area contributed by atoms with Gasteiger partial charge in [0.1, 0.15) is 5.75 Å². The fourth-order valence-corrected chi connectivity index (χ4v) is 2.13. The summed E-state index contributed by atoms with van der Waals surface area (Å²) in [5.41, 5.74) is 8.33. The van der Waals surface area contributed by atoms with Gasteiger partial charge in [-0.3, -0.25) is 4.79 Å². The SMILES string of the molecule is COc1cccc(CC(=O)NC(C)c2ccc(N)cc2)c1. The minimum absolute atomic E-state index is 0.0208. The molecule has 0 aromatic heterocycles. The number of nitrogens with two attached hydrogens (primary N) is 1. The second-order valence-corrected chi connectivity index (χ2v) is 4.98. The fraction of sp³-hybridized carbons (Fsp3) is 0.235. The van der Waals surface area contributed by atoms with Gasteiger partial charge in [0.15, 0.2) is 0 Å². The second-order valence-electron chi connectivity index (χ2n) is 4.98. The maximum atomic E-state index is 12.1. The third kappa shape index (κ3) is 4.24. The van der Waals surface area contributed by atoms with Gasteiger partial charge < -0.3 is 15.8 Å². The Hall–Kier alpha value is -2.49. The number of carbonyl (C=O) groups is 1. The molecule has 110 valence electrons. The van der Waals surface area contributed by atoms with Crippen LogP contribution < -0.4 is 15.8 Å². The predicted molar refractivity (Wildman–Crippen MR) is 84.1 cm³/mol. The van der Waals surface area contributed by atoms with Crippen molar-refractivity contribution in [1.82, 2.24) is 5.32 Å². The average Bonchev–Trinajstić information content (AvgIpc) is 2.47. The molecule has 4 nitrogen and oxygen atoms in total. The molecule has 4 heteroatoms. The standard InChI is InChI=1S/C17H20N2O2/c1-12(14-6-8-15(18)9-7-14)19-17(20)11-13-4-3-5-16(10-13)21-2/h3-10,12H,11,18H2,1-2H3,(H,19,20). The number of methoxy groups -OCH3 is 1. The molecule has 0 fully saturated rings. The molecule has 1 amide bonds. The van der Waals surface area contributed by atoms with Gasteiger partial charge in [-0.15, -0.1) is 0 Å². The fourth-order valence-electron chi connectivity index (χ4n) is 2.13. The van der Waals surface area contributed by atoms with Gasteiger partial charge in [0.25, 0.3) is 0 Å². The van der Waals surface area contributed by atoms with Crippen LogP contribution in [0.15, 0.2) is 48.5 Å². The number of carbonyl (C=O) groups excluding carboxylic acids is 1. The van der Waals surface area contributed by atoms with Crippen LogP contribution in [0.2, 0.25) is 0 Å². The average molecular weight is 284 g/mol. The summed E-state index contributed by atoms with van der Waals surface area (Å²) in [5.74, 6) is 0.736. The smallest absolute Gasteiger partial charge is 0.224 e. The molecule has 2 aromatic rings. The number of benzene rings is 2. The van der Waals surface area contributed by atoms with Crippen molar-refractivity contribution >= 4 is 11.6 Å². The van der Waals surface area contributed by atoms with Crippen molar-refractivity contribution in [2.24, 2.45) is 0 Å². The molecule has 21 heavy (non-hydrogen) atoms. The largest absolute Gasteiger partial charge is 0.497 e. The van der Waals surface area contributed by atoms with Gasteiger partial charge in [0.05, 0.1) is 19.6 Å². The summed E-state index contributed by atoms with van der Waals surface area (Å²) in [6.07, 6.45) is 0.330. The van der Waals surface area contributed by atoms with E-state index in [1.54, 1.807) is 7.11 Å². The number of anilines is 1. The number of hydrogen-bond donors (Lipinski definition) is 2. The van der Waals surface area contributed by atoms with E-state index in [1.165, 1.54) is 0 Å². The van der Waals surface area contributed by atoms with Crippen molar-refractivity contribution in [3.63, 3.8) is 0 Å². The zero-order valence-electron chi connectivity index (χ0n) is 12.3. The first kappa shape index (κ1) is 14.9. The predicted octanol–water partition coefficient (Wildman–Crippen LogP) is 2.70. The molecular weight excluding hydrogens is 264 g/mol. The highest BCUT2D eigenvalue weighted by Gasteiger charge is 2.10. The van der Waals surface area contributed by atoms with Crippen LogP contribution in [0, 0.1) is 0 Å². The summed E-state index contributed by atoms with van der Waals surface area (Å²) < 4.78 is 5.15. The molecule has 0 saturated heterocycles. The van der Waals surface area contributed by atoms with Crippen LogP contribution in [0.4, 0.5) is 5.69 Å². The van der Waals surface area contributed by atoms with E-state index in [-0.39, 0.29) is 11.9 Å². The molecular formula is C17H20N2O2. The summed E-state index contributed by atoms with van der Waals surface area (Å²) in [6.45, 7) is 1.95. The normalized spacial score (nSPS) is 11.7. The quantitative estimate of drug-likeness (QED) is 0.830.